The molecule has 1 aliphatic rings. The van der Waals surface area contributed by atoms with Crippen LogP contribution in [0.25, 0.3) is 0 Å². The predicted molar refractivity (Wildman–Crippen MR) is 79.1 cm³/mol. The van der Waals surface area contributed by atoms with Gasteiger partial charge in [-0.05, 0) is 24.3 Å². The summed E-state index contributed by atoms with van der Waals surface area (Å²) in [7, 11) is 0. The van der Waals surface area contributed by atoms with Crippen LogP contribution >= 0.6 is 34.8 Å². The number of hydrogen-bond donors (Lipinski definition) is 0. The van der Waals surface area contributed by atoms with Crippen LogP contribution in [-0.4, -0.2) is 11.8 Å². The smallest absolute Gasteiger partial charge is 0.266 e. The Morgan fingerprint density at radius 3 is 1.70 bits per heavy atom. The number of benzene rings is 2. The third kappa shape index (κ3) is 1.90. The van der Waals surface area contributed by atoms with Gasteiger partial charge in [0.05, 0.1) is 26.9 Å². The van der Waals surface area contributed by atoms with Gasteiger partial charge in [0.2, 0.25) is 0 Å². The van der Waals surface area contributed by atoms with Crippen molar-refractivity contribution in [1.29, 1.82) is 0 Å². The number of carbonyl (C=O) groups is 2. The van der Waals surface area contributed by atoms with Gasteiger partial charge < -0.3 is 0 Å². The SMILES string of the molecule is O=C1c2ccccc2C(=O)N1c1c(Cl)cc(Cl)cc1Cl. The van der Waals surface area contributed by atoms with E-state index in [4.69, 9.17) is 34.8 Å². The predicted octanol–water partition coefficient (Wildman–Crippen LogP) is 4.45. The Kier molecular flexibility index (Phi) is 3.21. The van der Waals surface area contributed by atoms with Crippen molar-refractivity contribution in [3.05, 3.63) is 62.6 Å². The van der Waals surface area contributed by atoms with Crippen molar-refractivity contribution in [1.82, 2.24) is 0 Å². The number of carbonyl (C=O) groups excluding carboxylic acids is 2. The van der Waals surface area contributed by atoms with E-state index >= 15 is 0 Å². The van der Waals surface area contributed by atoms with Crippen LogP contribution in [0.15, 0.2) is 36.4 Å². The topological polar surface area (TPSA) is 37.4 Å². The lowest BCUT2D eigenvalue weighted by molar-refractivity contribution is 0.0926. The molecular weight excluding hydrogens is 321 g/mol. The van der Waals surface area contributed by atoms with E-state index in [2.05, 4.69) is 0 Å². The monoisotopic (exact) mass is 325 g/mol. The summed E-state index contributed by atoms with van der Waals surface area (Å²) in [6.07, 6.45) is 0. The minimum absolute atomic E-state index is 0.150. The van der Waals surface area contributed by atoms with Gasteiger partial charge in [-0.1, -0.05) is 46.9 Å². The maximum Gasteiger partial charge on any atom is 0.266 e. The Morgan fingerprint density at radius 1 is 0.800 bits per heavy atom. The lowest BCUT2D eigenvalue weighted by Crippen LogP contribution is -2.29. The van der Waals surface area contributed by atoms with Crippen molar-refractivity contribution in [3.8, 4) is 0 Å². The van der Waals surface area contributed by atoms with Gasteiger partial charge in [0, 0.05) is 5.02 Å². The molecule has 100 valence electrons. The second-order valence-electron chi connectivity index (χ2n) is 4.21. The number of anilines is 1. The molecule has 0 aliphatic carbocycles. The standard InChI is InChI=1S/C14H6Cl3NO2/c15-7-5-10(16)12(11(17)6-7)18-13(19)8-3-1-2-4-9(8)14(18)20/h1-6H. The molecule has 3 nitrogen and oxygen atoms in total. The van der Waals surface area contributed by atoms with Crippen LogP contribution in [0.2, 0.25) is 15.1 Å². The maximum atomic E-state index is 12.4. The molecule has 0 saturated heterocycles. The van der Waals surface area contributed by atoms with E-state index in [0.717, 1.165) is 4.90 Å². The highest BCUT2D eigenvalue weighted by atomic mass is 35.5. The first-order valence-corrected chi connectivity index (χ1v) is 6.76. The largest absolute Gasteiger partial charge is 0.268 e. The molecule has 2 aromatic rings. The second kappa shape index (κ2) is 4.77. The zero-order chi connectivity index (χ0) is 14.4. The van der Waals surface area contributed by atoms with Gasteiger partial charge in [-0.25, -0.2) is 4.90 Å². The van der Waals surface area contributed by atoms with Crippen molar-refractivity contribution in [2.75, 3.05) is 4.90 Å². The molecule has 2 amide bonds. The first-order valence-electron chi connectivity index (χ1n) is 5.63. The van der Waals surface area contributed by atoms with Crippen molar-refractivity contribution in [2.45, 2.75) is 0 Å². The maximum absolute atomic E-state index is 12.4. The van der Waals surface area contributed by atoms with Gasteiger partial charge in [-0.3, -0.25) is 9.59 Å². The molecule has 0 N–H and O–H groups in total. The average Bonchev–Trinajstić information content (AvgIpc) is 2.64. The Labute approximate surface area is 129 Å². The third-order valence-corrected chi connectivity index (χ3v) is 3.79. The summed E-state index contributed by atoms with van der Waals surface area (Å²) in [5.74, 6) is -0.895. The number of nitrogens with zero attached hydrogens (tertiary/aromatic N) is 1. The second-order valence-corrected chi connectivity index (χ2v) is 5.46. The van der Waals surface area contributed by atoms with E-state index in [1.807, 2.05) is 0 Å². The number of halogens is 3. The Bertz CT molecular complexity index is 700. The van der Waals surface area contributed by atoms with E-state index < -0.39 is 11.8 Å². The fourth-order valence-electron chi connectivity index (χ4n) is 2.14. The molecule has 0 spiro atoms. The summed E-state index contributed by atoms with van der Waals surface area (Å²) in [5, 5.41) is 0.634. The Hall–Kier alpha value is -1.55. The number of rotatable bonds is 1. The number of imide groups is 1. The van der Waals surface area contributed by atoms with Crippen LogP contribution in [0.4, 0.5) is 5.69 Å². The van der Waals surface area contributed by atoms with Gasteiger partial charge in [0.25, 0.3) is 11.8 Å². The van der Waals surface area contributed by atoms with E-state index in [1.54, 1.807) is 24.3 Å². The van der Waals surface area contributed by atoms with Crippen molar-refractivity contribution >= 4 is 52.3 Å². The summed E-state index contributed by atoms with van der Waals surface area (Å²) in [6.45, 7) is 0. The van der Waals surface area contributed by atoms with E-state index in [-0.39, 0.29) is 15.7 Å². The van der Waals surface area contributed by atoms with E-state index in [0.29, 0.717) is 16.1 Å². The van der Waals surface area contributed by atoms with Crippen LogP contribution in [0, 0.1) is 0 Å². The van der Waals surface area contributed by atoms with Gasteiger partial charge in [0.15, 0.2) is 0 Å². The summed E-state index contributed by atoms with van der Waals surface area (Å²) >= 11 is 18.0. The molecule has 0 bridgehead atoms. The molecule has 0 unspecified atom stereocenters. The minimum Gasteiger partial charge on any atom is -0.268 e. The fraction of sp³-hybridized carbons (Fsp3) is 0. The molecule has 0 fully saturated rings. The lowest BCUT2D eigenvalue weighted by Gasteiger charge is -2.17. The summed E-state index contributed by atoms with van der Waals surface area (Å²) in [4.78, 5) is 25.7. The first kappa shape index (κ1) is 13.4. The number of hydrogen-bond acceptors (Lipinski definition) is 2. The van der Waals surface area contributed by atoms with E-state index in [1.165, 1.54) is 12.1 Å². The fourth-order valence-corrected chi connectivity index (χ4v) is 3.13. The van der Waals surface area contributed by atoms with Crippen LogP contribution in [-0.2, 0) is 0 Å². The van der Waals surface area contributed by atoms with Crippen molar-refractivity contribution in [3.63, 3.8) is 0 Å². The molecular formula is C14H6Cl3NO2. The molecule has 3 rings (SSSR count). The molecule has 1 aliphatic heterocycles. The van der Waals surface area contributed by atoms with E-state index in [9.17, 15) is 9.59 Å². The van der Waals surface area contributed by atoms with Gasteiger partial charge in [-0.2, -0.15) is 0 Å². The zero-order valence-corrected chi connectivity index (χ0v) is 12.1. The van der Waals surface area contributed by atoms with Crippen molar-refractivity contribution < 1.29 is 9.59 Å². The van der Waals surface area contributed by atoms with Crippen LogP contribution < -0.4 is 4.90 Å². The quantitative estimate of drug-likeness (QED) is 0.726. The normalized spacial score (nSPS) is 13.8. The molecule has 0 atom stereocenters. The molecule has 6 heteroatoms. The summed E-state index contributed by atoms with van der Waals surface area (Å²) in [5.41, 5.74) is 0.822. The Morgan fingerprint density at radius 2 is 1.25 bits per heavy atom. The third-order valence-electron chi connectivity index (χ3n) is 3.00. The zero-order valence-electron chi connectivity index (χ0n) is 9.86. The van der Waals surface area contributed by atoms with Crippen LogP contribution in [0.1, 0.15) is 20.7 Å². The van der Waals surface area contributed by atoms with Gasteiger partial charge >= 0.3 is 0 Å². The van der Waals surface area contributed by atoms with Crippen LogP contribution in [0.3, 0.4) is 0 Å². The van der Waals surface area contributed by atoms with Crippen LogP contribution in [0.5, 0.6) is 0 Å². The summed E-state index contributed by atoms with van der Waals surface area (Å²) in [6, 6.07) is 9.44. The molecule has 0 aromatic heterocycles. The molecule has 2 aromatic carbocycles. The minimum atomic E-state index is -0.447. The average molecular weight is 327 g/mol. The first-order chi connectivity index (χ1) is 9.50. The molecule has 0 saturated carbocycles. The Balaban J connectivity index is 2.19. The van der Waals surface area contributed by atoms with Crippen molar-refractivity contribution in [2.24, 2.45) is 0 Å². The van der Waals surface area contributed by atoms with Gasteiger partial charge in [-0.15, -0.1) is 0 Å². The highest BCUT2D eigenvalue weighted by Crippen LogP contribution is 2.40. The van der Waals surface area contributed by atoms with Gasteiger partial charge in [0.1, 0.15) is 0 Å². The highest BCUT2D eigenvalue weighted by molar-refractivity contribution is 6.46. The lowest BCUT2D eigenvalue weighted by atomic mass is 10.1. The molecule has 0 radical (unpaired) electrons. The number of amides is 2. The summed E-state index contributed by atoms with van der Waals surface area (Å²) < 4.78 is 0. The highest BCUT2D eigenvalue weighted by Gasteiger charge is 2.38. The molecule has 1 heterocycles. The number of fused-ring (bicyclic) bond motifs is 1. The molecule has 20 heavy (non-hydrogen) atoms.